The number of hydrogen-bond donors (Lipinski definition) is 8. The van der Waals surface area contributed by atoms with Crippen molar-refractivity contribution in [3.8, 4) is 0 Å². The highest BCUT2D eigenvalue weighted by atomic mass is 16.2. The van der Waals surface area contributed by atoms with E-state index in [1.807, 2.05) is 60.7 Å². The minimum absolute atomic E-state index is 0.0181. The van der Waals surface area contributed by atoms with Crippen LogP contribution in [0.4, 0.5) is 0 Å². The minimum Gasteiger partial charge on any atom is -0.370 e. The van der Waals surface area contributed by atoms with Crippen molar-refractivity contribution in [1.82, 2.24) is 36.1 Å². The molecule has 5 rings (SSSR count). The van der Waals surface area contributed by atoms with Crippen LogP contribution >= 0.6 is 0 Å². The SMILES string of the molecule is NC(=O)CN1CCNC(=O)CCCCC(=O)N(Cc2ccccc2)CC(=O)N[C@H](Cc2ccccc2)C(=O)N[C@@H](CCCN=C(N)N)C(=O)N[C@@H](Cc2c[nH]c3ccccc23)C1=O. The quantitative estimate of drug-likeness (QED) is 0.0559. The predicted molar refractivity (Wildman–Crippen MR) is 237 cm³/mol. The molecule has 63 heavy (non-hydrogen) atoms. The zero-order chi connectivity index (χ0) is 45.1. The van der Waals surface area contributed by atoms with Gasteiger partial charge in [0.2, 0.25) is 41.4 Å². The molecule has 0 saturated carbocycles. The number of rotatable bonds is 12. The monoisotopic (exact) mass is 863 g/mol. The summed E-state index contributed by atoms with van der Waals surface area (Å²) in [5.41, 5.74) is 19.7. The molecule has 0 spiro atoms. The number of aromatic amines is 1. The van der Waals surface area contributed by atoms with Crippen molar-refractivity contribution < 1.29 is 33.6 Å². The molecule has 3 atom stereocenters. The predicted octanol–water partition coefficient (Wildman–Crippen LogP) is 0.494. The van der Waals surface area contributed by atoms with Crippen LogP contribution in [0.2, 0.25) is 0 Å². The Balaban J connectivity index is 1.50. The van der Waals surface area contributed by atoms with Gasteiger partial charge in [-0.1, -0.05) is 78.9 Å². The van der Waals surface area contributed by atoms with E-state index >= 15 is 0 Å². The molecule has 7 amide bonds. The second-order valence-electron chi connectivity index (χ2n) is 15.5. The molecule has 4 aromatic rings. The van der Waals surface area contributed by atoms with E-state index in [1.165, 1.54) is 9.80 Å². The van der Waals surface area contributed by atoms with Gasteiger partial charge < -0.3 is 53.3 Å². The van der Waals surface area contributed by atoms with Gasteiger partial charge in [0.25, 0.3) is 0 Å². The number of carbonyl (C=O) groups excluding carboxylic acids is 7. The van der Waals surface area contributed by atoms with Crippen molar-refractivity contribution in [2.75, 3.05) is 32.7 Å². The van der Waals surface area contributed by atoms with Crippen molar-refractivity contribution in [3.05, 3.63) is 108 Å². The van der Waals surface area contributed by atoms with E-state index in [0.717, 1.165) is 16.5 Å². The van der Waals surface area contributed by atoms with Crippen molar-refractivity contribution in [3.63, 3.8) is 0 Å². The van der Waals surface area contributed by atoms with Gasteiger partial charge in [0.05, 0.1) is 13.1 Å². The lowest BCUT2D eigenvalue weighted by atomic mass is 10.0. The fourth-order valence-corrected chi connectivity index (χ4v) is 7.36. The number of nitrogens with two attached hydrogens (primary N) is 3. The van der Waals surface area contributed by atoms with E-state index in [1.54, 1.807) is 30.5 Å². The van der Waals surface area contributed by atoms with Gasteiger partial charge in [0.1, 0.15) is 18.1 Å². The summed E-state index contributed by atoms with van der Waals surface area (Å²) in [7, 11) is 0. The third kappa shape index (κ3) is 15.0. The van der Waals surface area contributed by atoms with E-state index in [2.05, 4.69) is 31.2 Å². The fraction of sp³-hybridized carbons (Fsp3) is 0.378. The highest BCUT2D eigenvalue weighted by molar-refractivity contribution is 5.96. The first-order valence-corrected chi connectivity index (χ1v) is 21.1. The number of aliphatic imine (C=N–C) groups is 1. The van der Waals surface area contributed by atoms with Crippen LogP contribution < -0.4 is 38.5 Å². The Morgan fingerprint density at radius 1 is 0.698 bits per heavy atom. The molecule has 1 aromatic heterocycles. The topological polar surface area (TPSA) is 280 Å². The Morgan fingerprint density at radius 2 is 1.35 bits per heavy atom. The second kappa shape index (κ2) is 23.7. The lowest BCUT2D eigenvalue weighted by molar-refractivity contribution is -0.140. The molecule has 11 N–H and O–H groups in total. The molecule has 0 aliphatic carbocycles. The molecule has 0 bridgehead atoms. The molecule has 0 unspecified atom stereocenters. The van der Waals surface area contributed by atoms with Crippen LogP contribution in [0.3, 0.4) is 0 Å². The van der Waals surface area contributed by atoms with Crippen LogP contribution in [0.25, 0.3) is 10.9 Å². The Morgan fingerprint density at radius 3 is 2.06 bits per heavy atom. The summed E-state index contributed by atoms with van der Waals surface area (Å²) in [6, 6.07) is 21.9. The van der Waals surface area contributed by atoms with Gasteiger partial charge in [-0.15, -0.1) is 0 Å². The molecule has 3 aromatic carbocycles. The van der Waals surface area contributed by atoms with Gasteiger partial charge in [-0.25, -0.2) is 0 Å². The number of nitrogens with zero attached hydrogens (tertiary/aromatic N) is 3. The number of benzene rings is 3. The number of aromatic nitrogens is 1. The van der Waals surface area contributed by atoms with Crippen LogP contribution in [0, 0.1) is 0 Å². The Labute approximate surface area is 365 Å². The number of primary amides is 1. The maximum atomic E-state index is 14.5. The molecule has 18 nitrogen and oxygen atoms in total. The number of nitrogens with one attached hydrogen (secondary N) is 5. The van der Waals surface area contributed by atoms with E-state index in [-0.39, 0.29) is 89.0 Å². The lowest BCUT2D eigenvalue weighted by Gasteiger charge is -2.29. The summed E-state index contributed by atoms with van der Waals surface area (Å²) in [4.78, 5) is 106. The van der Waals surface area contributed by atoms with Crippen molar-refractivity contribution in [2.24, 2.45) is 22.2 Å². The van der Waals surface area contributed by atoms with Gasteiger partial charge in [0.15, 0.2) is 5.96 Å². The van der Waals surface area contributed by atoms with Gasteiger partial charge in [-0.05, 0) is 48.4 Å². The minimum atomic E-state index is -1.27. The second-order valence-corrected chi connectivity index (χ2v) is 15.5. The van der Waals surface area contributed by atoms with E-state index in [9.17, 15) is 33.6 Å². The molecule has 1 saturated heterocycles. The largest absolute Gasteiger partial charge is 0.370 e. The molecular weight excluding hydrogens is 807 g/mol. The van der Waals surface area contributed by atoms with Crippen LogP contribution in [0.5, 0.6) is 0 Å². The van der Waals surface area contributed by atoms with Gasteiger partial charge in [-0.3, -0.25) is 38.6 Å². The first-order chi connectivity index (χ1) is 30.4. The normalized spacial score (nSPS) is 19.2. The molecular formula is C45H57N11O7. The Bertz CT molecular complexity index is 2230. The number of carbonyl (C=O) groups is 7. The smallest absolute Gasteiger partial charge is 0.246 e. The average Bonchev–Trinajstić information content (AvgIpc) is 3.67. The third-order valence-corrected chi connectivity index (χ3v) is 10.5. The van der Waals surface area contributed by atoms with Gasteiger partial charge in [0, 0.05) is 69.0 Å². The van der Waals surface area contributed by atoms with Crippen molar-refractivity contribution >= 4 is 58.2 Å². The highest BCUT2D eigenvalue weighted by Gasteiger charge is 2.33. The number of fused-ring (bicyclic) bond motifs is 1. The Kier molecular flexibility index (Phi) is 17.6. The zero-order valence-corrected chi connectivity index (χ0v) is 35.2. The number of H-pyrrole nitrogens is 1. The molecule has 2 heterocycles. The number of hydrogen-bond acceptors (Lipinski definition) is 8. The van der Waals surface area contributed by atoms with Crippen molar-refractivity contribution in [2.45, 2.75) is 76.0 Å². The van der Waals surface area contributed by atoms with E-state index < -0.39 is 54.2 Å². The molecule has 1 aliphatic heterocycles. The summed E-state index contributed by atoms with van der Waals surface area (Å²) in [5, 5.41) is 12.0. The van der Waals surface area contributed by atoms with Crippen LogP contribution in [-0.4, -0.2) is 113 Å². The average molecular weight is 864 g/mol. The summed E-state index contributed by atoms with van der Waals surface area (Å²) in [5.74, 6) is -4.30. The highest BCUT2D eigenvalue weighted by Crippen LogP contribution is 2.20. The van der Waals surface area contributed by atoms with Gasteiger partial charge in [-0.2, -0.15) is 0 Å². The van der Waals surface area contributed by atoms with Crippen LogP contribution in [0.1, 0.15) is 55.2 Å². The van der Waals surface area contributed by atoms with E-state index in [0.29, 0.717) is 24.0 Å². The fourth-order valence-electron chi connectivity index (χ4n) is 7.36. The lowest BCUT2D eigenvalue weighted by Crippen LogP contribution is -2.59. The summed E-state index contributed by atoms with van der Waals surface area (Å²) in [6.45, 7) is -0.767. The maximum Gasteiger partial charge on any atom is 0.246 e. The first kappa shape index (κ1) is 46.8. The standard InChI is InChI=1S/C45H57N11O7/c46-38(57)28-55-23-22-49-39(58)19-9-10-20-41(60)56(27-31-14-5-2-6-15-31)29-40(59)52-36(24-30-12-3-1-4-13-30)43(62)53-35(18-11-21-50-45(47)48)42(61)54-37(44(55)63)25-32-26-51-34-17-8-7-16-33(32)34/h1-8,12-17,26,35-37,51H,9-11,18-25,27-29H2,(H2,46,57)(H,49,58)(H,52,59)(H,53,62)(H,54,61)(H4,47,48,50)/t35-,36+,37-/m0/s1. The molecule has 1 fully saturated rings. The summed E-state index contributed by atoms with van der Waals surface area (Å²) >= 11 is 0. The molecule has 18 heteroatoms. The number of guanidine groups is 1. The van der Waals surface area contributed by atoms with Crippen LogP contribution in [0.15, 0.2) is 96.1 Å². The van der Waals surface area contributed by atoms with Gasteiger partial charge >= 0.3 is 0 Å². The molecule has 0 radical (unpaired) electrons. The summed E-state index contributed by atoms with van der Waals surface area (Å²) < 4.78 is 0. The summed E-state index contributed by atoms with van der Waals surface area (Å²) in [6.07, 6.45) is 2.84. The van der Waals surface area contributed by atoms with E-state index in [4.69, 9.17) is 17.2 Å². The Hall–Kier alpha value is -7.24. The number of para-hydroxylation sites is 1. The van der Waals surface area contributed by atoms with Crippen LogP contribution in [-0.2, 0) is 52.9 Å². The first-order valence-electron chi connectivity index (χ1n) is 21.1. The third-order valence-electron chi connectivity index (χ3n) is 10.5. The maximum absolute atomic E-state index is 14.5. The van der Waals surface area contributed by atoms with Crippen molar-refractivity contribution in [1.29, 1.82) is 0 Å². The molecule has 334 valence electrons. The molecule has 1 aliphatic rings. The number of amides is 7. The zero-order valence-electron chi connectivity index (χ0n) is 35.2.